The molecule has 1 aliphatic heterocycles. The minimum absolute atomic E-state index is 0.0219. The molecule has 3 N–H and O–H groups in total. The standard InChI is InChI=1S/C26H24IN3O4S/c1-13-6-8-14(9-7-13)12-35-26-29-24-22(25(33)30-26)20(21-17(28-24)4-3-5-18(21)31)15-10-16(27)23(32)19(11-15)34-2/h6-11,20,32H,3-5,12H2,1-2H3,(H2,28,29,30,33). The number of aromatic amines is 1. The van der Waals surface area contributed by atoms with Gasteiger partial charge in [-0.2, -0.15) is 0 Å². The van der Waals surface area contributed by atoms with Crippen molar-refractivity contribution in [3.8, 4) is 11.5 Å². The molecule has 3 aromatic rings. The summed E-state index contributed by atoms with van der Waals surface area (Å²) in [7, 11) is 1.48. The molecule has 0 amide bonds. The Bertz CT molecular complexity index is 1420. The first-order valence-electron chi connectivity index (χ1n) is 11.3. The minimum atomic E-state index is -0.593. The highest BCUT2D eigenvalue weighted by Crippen LogP contribution is 2.46. The lowest BCUT2D eigenvalue weighted by Gasteiger charge is -2.33. The number of aromatic hydroxyl groups is 1. The first-order valence-corrected chi connectivity index (χ1v) is 13.3. The summed E-state index contributed by atoms with van der Waals surface area (Å²) in [6.45, 7) is 2.05. The first-order chi connectivity index (χ1) is 16.9. The van der Waals surface area contributed by atoms with Crippen molar-refractivity contribution in [3.63, 3.8) is 0 Å². The molecule has 5 rings (SSSR count). The van der Waals surface area contributed by atoms with Crippen molar-refractivity contribution in [2.24, 2.45) is 0 Å². The Morgan fingerprint density at radius 1 is 1.20 bits per heavy atom. The maximum Gasteiger partial charge on any atom is 0.257 e. The van der Waals surface area contributed by atoms with Gasteiger partial charge >= 0.3 is 0 Å². The number of benzene rings is 2. The SMILES string of the molecule is COc1cc(C2C3=C(CCCC3=O)Nc3nc(SCc4ccc(C)cc4)[nH]c(=O)c32)cc(I)c1O. The van der Waals surface area contributed by atoms with E-state index in [4.69, 9.17) is 9.72 Å². The van der Waals surface area contributed by atoms with E-state index in [-0.39, 0.29) is 17.1 Å². The molecule has 0 saturated carbocycles. The number of halogens is 1. The summed E-state index contributed by atoms with van der Waals surface area (Å²) in [5.41, 5.74) is 4.57. The van der Waals surface area contributed by atoms with Crippen LogP contribution in [0.3, 0.4) is 0 Å². The summed E-state index contributed by atoms with van der Waals surface area (Å²) in [5.74, 6) is 0.904. The molecule has 0 radical (unpaired) electrons. The molecule has 180 valence electrons. The topological polar surface area (TPSA) is 104 Å². The van der Waals surface area contributed by atoms with E-state index in [0.717, 1.165) is 17.7 Å². The van der Waals surface area contributed by atoms with Gasteiger partial charge in [0.15, 0.2) is 22.4 Å². The van der Waals surface area contributed by atoms with Crippen LogP contribution in [0.4, 0.5) is 5.82 Å². The van der Waals surface area contributed by atoms with E-state index in [1.54, 1.807) is 12.1 Å². The van der Waals surface area contributed by atoms with Crippen molar-refractivity contribution >= 4 is 46.0 Å². The van der Waals surface area contributed by atoms with Crippen molar-refractivity contribution in [3.05, 3.63) is 83.8 Å². The number of aryl methyl sites for hydroxylation is 1. The van der Waals surface area contributed by atoms with Gasteiger partial charge in [-0.25, -0.2) is 4.98 Å². The van der Waals surface area contributed by atoms with Crippen LogP contribution in [0.5, 0.6) is 11.5 Å². The van der Waals surface area contributed by atoms with Crippen LogP contribution in [0, 0.1) is 10.5 Å². The second-order valence-corrected chi connectivity index (χ2v) is 10.8. The van der Waals surface area contributed by atoms with E-state index in [0.29, 0.717) is 55.6 Å². The number of aromatic nitrogens is 2. The molecule has 9 heteroatoms. The van der Waals surface area contributed by atoms with Gasteiger partial charge in [-0.1, -0.05) is 41.6 Å². The second-order valence-electron chi connectivity index (χ2n) is 8.69. The van der Waals surface area contributed by atoms with Gasteiger partial charge in [0, 0.05) is 29.4 Å². The number of fused-ring (bicyclic) bond motifs is 1. The smallest absolute Gasteiger partial charge is 0.257 e. The maximum absolute atomic E-state index is 13.4. The molecule has 2 aromatic carbocycles. The van der Waals surface area contributed by atoms with Gasteiger partial charge in [-0.05, 0) is 65.6 Å². The van der Waals surface area contributed by atoms with Crippen molar-refractivity contribution < 1.29 is 14.6 Å². The summed E-state index contributed by atoms with van der Waals surface area (Å²) in [6.07, 6.45) is 1.90. The number of hydrogen-bond donors (Lipinski definition) is 3. The highest BCUT2D eigenvalue weighted by atomic mass is 127. The lowest BCUT2D eigenvalue weighted by atomic mass is 9.76. The first kappa shape index (κ1) is 23.9. The molecular formula is C26H24IN3O4S. The summed E-state index contributed by atoms with van der Waals surface area (Å²) >= 11 is 3.49. The summed E-state index contributed by atoms with van der Waals surface area (Å²) < 4.78 is 5.94. The zero-order valence-corrected chi connectivity index (χ0v) is 22.2. The van der Waals surface area contributed by atoms with Crippen molar-refractivity contribution in [1.29, 1.82) is 0 Å². The predicted molar refractivity (Wildman–Crippen MR) is 144 cm³/mol. The Labute approximate surface area is 220 Å². The Hall–Kier alpha value is -2.79. The number of hydrogen-bond acceptors (Lipinski definition) is 7. The fourth-order valence-electron chi connectivity index (χ4n) is 4.59. The van der Waals surface area contributed by atoms with Gasteiger partial charge in [0.2, 0.25) is 0 Å². The van der Waals surface area contributed by atoms with E-state index < -0.39 is 5.92 Å². The Morgan fingerprint density at radius 3 is 2.71 bits per heavy atom. The molecule has 0 spiro atoms. The molecule has 1 atom stereocenters. The number of ether oxygens (including phenoxy) is 1. The van der Waals surface area contributed by atoms with E-state index in [9.17, 15) is 14.7 Å². The number of methoxy groups -OCH3 is 1. The number of H-pyrrole nitrogens is 1. The van der Waals surface area contributed by atoms with Gasteiger partial charge in [-0.15, -0.1) is 0 Å². The van der Waals surface area contributed by atoms with Crippen LogP contribution in [0.25, 0.3) is 0 Å². The lowest BCUT2D eigenvalue weighted by Crippen LogP contribution is -2.32. The zero-order chi connectivity index (χ0) is 24.7. The van der Waals surface area contributed by atoms with E-state index >= 15 is 0 Å². The highest BCUT2D eigenvalue weighted by molar-refractivity contribution is 14.1. The van der Waals surface area contributed by atoms with E-state index in [2.05, 4.69) is 34.6 Å². The third-order valence-corrected chi connectivity index (χ3v) is 8.10. The molecule has 1 aliphatic carbocycles. The fraction of sp³-hybridized carbons (Fsp3) is 0.269. The summed E-state index contributed by atoms with van der Waals surface area (Å²) in [6, 6.07) is 11.8. The molecule has 1 aromatic heterocycles. The largest absolute Gasteiger partial charge is 0.504 e. The number of phenols is 1. The van der Waals surface area contributed by atoms with Crippen LogP contribution in [-0.4, -0.2) is 28.0 Å². The van der Waals surface area contributed by atoms with Gasteiger partial charge in [0.05, 0.1) is 16.2 Å². The second kappa shape index (κ2) is 9.69. The van der Waals surface area contributed by atoms with Gasteiger partial charge in [0.1, 0.15) is 5.82 Å². The maximum atomic E-state index is 13.4. The fourth-order valence-corrected chi connectivity index (χ4v) is 6.04. The molecule has 35 heavy (non-hydrogen) atoms. The number of nitrogens with zero attached hydrogens (tertiary/aromatic N) is 1. The van der Waals surface area contributed by atoms with Gasteiger partial charge in [-0.3, -0.25) is 9.59 Å². The Balaban J connectivity index is 1.59. The van der Waals surface area contributed by atoms with Crippen LogP contribution < -0.4 is 15.6 Å². The quantitative estimate of drug-likeness (QED) is 0.209. The predicted octanol–water partition coefficient (Wildman–Crippen LogP) is 5.25. The highest BCUT2D eigenvalue weighted by Gasteiger charge is 2.38. The molecule has 7 nitrogen and oxygen atoms in total. The van der Waals surface area contributed by atoms with Crippen LogP contribution in [0.1, 0.15) is 47.4 Å². The number of Topliss-reactive ketones (excluding diaryl/α,β-unsaturated/α-hetero) is 1. The number of allylic oxidation sites excluding steroid dienone is 2. The monoisotopic (exact) mass is 601 g/mol. The van der Waals surface area contributed by atoms with Crippen LogP contribution in [-0.2, 0) is 10.5 Å². The van der Waals surface area contributed by atoms with Crippen molar-refractivity contribution in [2.75, 3.05) is 12.4 Å². The summed E-state index contributed by atoms with van der Waals surface area (Å²) in [4.78, 5) is 34.2. The number of carbonyl (C=O) groups excluding carboxylic acids is 1. The number of nitrogens with one attached hydrogen (secondary N) is 2. The van der Waals surface area contributed by atoms with Crippen molar-refractivity contribution in [2.45, 2.75) is 43.0 Å². The average Bonchev–Trinajstić information content (AvgIpc) is 2.84. The molecular weight excluding hydrogens is 577 g/mol. The van der Waals surface area contributed by atoms with Crippen LogP contribution >= 0.6 is 34.4 Å². The minimum Gasteiger partial charge on any atom is -0.504 e. The molecule has 0 fully saturated rings. The number of carbonyl (C=O) groups is 1. The number of rotatable bonds is 5. The van der Waals surface area contributed by atoms with Gasteiger partial charge < -0.3 is 20.1 Å². The van der Waals surface area contributed by atoms with Crippen LogP contribution in [0.15, 0.2) is 57.6 Å². The number of thioether (sulfide) groups is 1. The third kappa shape index (κ3) is 4.58. The lowest BCUT2D eigenvalue weighted by molar-refractivity contribution is -0.116. The molecule has 2 aliphatic rings. The summed E-state index contributed by atoms with van der Waals surface area (Å²) in [5, 5.41) is 14.2. The number of phenolic OH excluding ortho intramolecular Hbond substituents is 1. The van der Waals surface area contributed by atoms with E-state index in [1.807, 2.05) is 29.5 Å². The number of anilines is 1. The molecule has 1 unspecified atom stereocenters. The normalized spacial score (nSPS) is 17.0. The zero-order valence-electron chi connectivity index (χ0n) is 19.3. The van der Waals surface area contributed by atoms with Gasteiger partial charge in [0.25, 0.3) is 5.56 Å². The van der Waals surface area contributed by atoms with Crippen LogP contribution in [0.2, 0.25) is 0 Å². The molecule has 0 saturated heterocycles. The third-order valence-electron chi connectivity index (χ3n) is 6.34. The Morgan fingerprint density at radius 2 is 1.97 bits per heavy atom. The van der Waals surface area contributed by atoms with Crippen molar-refractivity contribution in [1.82, 2.24) is 9.97 Å². The number of ketones is 1. The Kier molecular flexibility index (Phi) is 6.63. The molecule has 0 bridgehead atoms. The van der Waals surface area contributed by atoms with E-state index in [1.165, 1.54) is 24.4 Å². The molecule has 2 heterocycles. The average molecular weight is 601 g/mol.